The van der Waals surface area contributed by atoms with Crippen molar-refractivity contribution in [1.29, 1.82) is 0 Å². The Morgan fingerprint density at radius 3 is 2.00 bits per heavy atom. The van der Waals surface area contributed by atoms with Crippen LogP contribution in [0.15, 0.2) is 49.2 Å². The van der Waals surface area contributed by atoms with Crippen molar-refractivity contribution in [1.82, 2.24) is 10.6 Å². The lowest BCUT2D eigenvalue weighted by Crippen LogP contribution is -2.66. The summed E-state index contributed by atoms with van der Waals surface area (Å²) in [6, 6.07) is 6.94. The highest BCUT2D eigenvalue weighted by atomic mass is 35.6. The monoisotopic (exact) mass is 1020 g/mol. The van der Waals surface area contributed by atoms with E-state index >= 15 is 0 Å². The number of carbonyl (C=O) groups is 2. The molecule has 23 heteroatoms. The number of amides is 2. The van der Waals surface area contributed by atoms with E-state index in [9.17, 15) is 31.5 Å². The van der Waals surface area contributed by atoms with E-state index in [4.69, 9.17) is 90.8 Å². The number of pyridine rings is 1. The molecule has 15 nitrogen and oxygen atoms in total. The van der Waals surface area contributed by atoms with Gasteiger partial charge in [0, 0.05) is 56.0 Å². The number of aliphatic hydroxyl groups excluding tert-OH is 1. The Labute approximate surface area is 393 Å². The Kier molecular flexibility index (Phi) is 19.2. The molecule has 3 saturated heterocycles. The number of aromatic nitrogens is 1. The molecule has 3 aliphatic rings. The van der Waals surface area contributed by atoms with E-state index in [1.807, 2.05) is 0 Å². The van der Waals surface area contributed by atoms with Gasteiger partial charge in [0.2, 0.25) is 35.2 Å². The summed E-state index contributed by atoms with van der Waals surface area (Å²) in [6.07, 6.45) is 11.7. The first-order valence-corrected chi connectivity index (χ1v) is 24.5. The molecule has 1 aromatic carbocycles. The number of hydrogen-bond donors (Lipinski definition) is 3. The van der Waals surface area contributed by atoms with Crippen LogP contribution < -0.4 is 15.3 Å². The van der Waals surface area contributed by atoms with Crippen LogP contribution in [0, 0.1) is 36.5 Å². The Bertz CT molecular complexity index is 2220. The van der Waals surface area contributed by atoms with Gasteiger partial charge >= 0.3 is 0 Å². The number of benzene rings is 1. The van der Waals surface area contributed by atoms with Crippen molar-refractivity contribution in [2.45, 2.75) is 96.1 Å². The van der Waals surface area contributed by atoms with Crippen LogP contribution in [0.25, 0.3) is 20.6 Å². The number of alkyl halides is 6. The van der Waals surface area contributed by atoms with E-state index in [1.165, 1.54) is 18.3 Å². The number of nitrogens with one attached hydrogen (secondary N) is 2. The molecule has 0 unspecified atom stereocenters. The number of hydrogen-bond acceptors (Lipinski definition) is 9. The molecule has 0 radical (unpaired) electrons. The summed E-state index contributed by atoms with van der Waals surface area (Å²) in [6.45, 7) is 4.75. The standard InChI is InChI=1S/C39H48Cl6N6O9S2/c1-4-7-9-13-19-46-35(52)24-33(38(40,41)42)59-61(55,56)48-50-21-17-30(29-15-11-12-16-31(29)50)37(54)32-23-28-18-22-51(32,26-27(28)6-3)49-62(57,58)60-34(39(43,44)45)25-36(53)47-20-14-10-8-5-2/h1-2,6,11-12,15-17,21,27-28,32-34,37,54H,3,7-10,13-14,18-20,22-26H2,(H,46,52)(H,47,53)/t27-,28-,32-,33+,34+,37+,51+/m0/s1. The fraction of sp³-hybridized carbons (Fsp3) is 0.564. The van der Waals surface area contributed by atoms with Gasteiger partial charge in [0.05, 0.1) is 31.3 Å². The number of nitrogens with zero attached hydrogens (tertiary/aromatic N) is 4. The van der Waals surface area contributed by atoms with Gasteiger partial charge in [-0.25, -0.2) is 21.5 Å². The number of aliphatic hydroxyl groups is 1. The molecule has 3 N–H and O–H groups in total. The topological polar surface area (TPSA) is 197 Å². The third-order valence-corrected chi connectivity index (χ3v) is 13.9. The van der Waals surface area contributed by atoms with Gasteiger partial charge in [-0.2, -0.15) is 0 Å². The van der Waals surface area contributed by atoms with Gasteiger partial charge < -0.3 is 25.2 Å². The van der Waals surface area contributed by atoms with Crippen molar-refractivity contribution in [2.24, 2.45) is 11.8 Å². The van der Waals surface area contributed by atoms with Crippen molar-refractivity contribution < 1.29 is 49.2 Å². The Morgan fingerprint density at radius 2 is 1.47 bits per heavy atom. The molecule has 3 aliphatic heterocycles. The van der Waals surface area contributed by atoms with Crippen LogP contribution in [-0.4, -0.2) is 90.4 Å². The quantitative estimate of drug-likeness (QED) is 0.0274. The van der Waals surface area contributed by atoms with Crippen LogP contribution in [0.2, 0.25) is 0 Å². The van der Waals surface area contributed by atoms with E-state index in [0.717, 1.165) is 4.68 Å². The van der Waals surface area contributed by atoms with Gasteiger partial charge in [0.15, 0.2) is 6.20 Å². The molecule has 62 heavy (non-hydrogen) atoms. The van der Waals surface area contributed by atoms with Gasteiger partial charge in [-0.3, -0.25) is 22.8 Å². The maximum Gasteiger partial charge on any atom is 0.260 e. The van der Waals surface area contributed by atoms with Crippen molar-refractivity contribution in [3.05, 3.63) is 64.4 Å². The molecule has 0 spiro atoms. The Balaban J connectivity index is 1.58. The molecular weight excluding hydrogens is 973 g/mol. The van der Waals surface area contributed by atoms with Crippen molar-refractivity contribution in [3.8, 4) is 24.7 Å². The molecule has 4 heterocycles. The van der Waals surface area contributed by atoms with Crippen LogP contribution >= 0.6 is 69.6 Å². The molecule has 3 fully saturated rings. The summed E-state index contributed by atoms with van der Waals surface area (Å²) in [5, 5.41) is 17.8. The predicted molar refractivity (Wildman–Crippen MR) is 240 cm³/mol. The number of para-hydroxylation sites is 1. The lowest BCUT2D eigenvalue weighted by molar-refractivity contribution is -0.935. The first kappa shape index (κ1) is 52.3. The molecule has 7 atom stereocenters. The normalized spacial score (nSPS) is 21.9. The third kappa shape index (κ3) is 14.9. The fourth-order valence-electron chi connectivity index (χ4n) is 7.57. The van der Waals surface area contributed by atoms with E-state index in [0.29, 0.717) is 62.3 Å². The molecule has 2 bridgehead atoms. The third-order valence-electron chi connectivity index (χ3n) is 10.6. The highest BCUT2D eigenvalue weighted by Crippen LogP contribution is 2.50. The fourth-order valence-corrected chi connectivity index (χ4v) is 10.7. The van der Waals surface area contributed by atoms with Crippen LogP contribution in [0.4, 0.5) is 0 Å². The van der Waals surface area contributed by atoms with E-state index in [2.05, 4.69) is 38.7 Å². The van der Waals surface area contributed by atoms with E-state index in [1.54, 1.807) is 24.3 Å². The Hall–Kier alpha value is -2.33. The maximum absolute atomic E-state index is 13.8. The van der Waals surface area contributed by atoms with Gasteiger partial charge in [0.1, 0.15) is 24.4 Å². The van der Waals surface area contributed by atoms with Crippen LogP contribution in [0.1, 0.15) is 75.9 Å². The maximum atomic E-state index is 13.8. The summed E-state index contributed by atoms with van der Waals surface area (Å²) in [5.41, 5.74) is 0.478. The van der Waals surface area contributed by atoms with E-state index < -0.39 is 81.8 Å². The average Bonchev–Trinajstić information content (AvgIpc) is 3.18. The summed E-state index contributed by atoms with van der Waals surface area (Å²) in [7, 11) is -9.86. The SMILES string of the molecule is C#CCCCCNC(=O)C[C@@H](OS(=O)(=O)[N-][n+]1ccc([C@@H](O)[C@@H]2C[C@@H]3CC[N@@+]2([N-]S(=O)(=O)O[C@H](CC(=O)NCCCCC#C)C(Cl)(Cl)Cl)C[C@@H]3C=C)c2ccccc21)C(Cl)(Cl)Cl. The highest BCUT2D eigenvalue weighted by molar-refractivity contribution is 7.89. The predicted octanol–water partition coefficient (Wildman–Crippen LogP) is 6.62. The second kappa shape index (κ2) is 22.7. The number of quaternary nitrogens is 1. The smallest absolute Gasteiger partial charge is 0.260 e. The molecule has 342 valence electrons. The second-order valence-corrected chi connectivity index (χ2v) is 22.1. The van der Waals surface area contributed by atoms with Gasteiger partial charge in [0.25, 0.3) is 10.3 Å². The highest BCUT2D eigenvalue weighted by Gasteiger charge is 2.52. The van der Waals surface area contributed by atoms with Crippen LogP contribution in [0.5, 0.6) is 0 Å². The molecule has 5 rings (SSSR count). The number of carbonyl (C=O) groups excluding carboxylic acids is 2. The number of fused-ring (bicyclic) bond motifs is 4. The number of rotatable bonds is 23. The van der Waals surface area contributed by atoms with Crippen molar-refractivity contribution >= 4 is 113 Å². The van der Waals surface area contributed by atoms with Gasteiger partial charge in [-0.1, -0.05) is 87.8 Å². The summed E-state index contributed by atoms with van der Waals surface area (Å²) < 4.78 is 60.7. The molecule has 2 aromatic rings. The Morgan fingerprint density at radius 1 is 0.919 bits per heavy atom. The van der Waals surface area contributed by atoms with Gasteiger partial charge in [-0.05, 0) is 44.1 Å². The molecular formula is C39H48Cl6N6O9S2. The minimum Gasteiger partial charge on any atom is -0.382 e. The number of terminal acetylenes is 2. The first-order chi connectivity index (χ1) is 29.0. The zero-order valence-electron chi connectivity index (χ0n) is 33.4. The molecule has 0 saturated carbocycles. The van der Waals surface area contributed by atoms with Crippen LogP contribution in [-0.2, 0) is 38.6 Å². The summed E-state index contributed by atoms with van der Waals surface area (Å²) >= 11 is 36.5. The lowest BCUT2D eigenvalue weighted by atomic mass is 9.72. The summed E-state index contributed by atoms with van der Waals surface area (Å²) in [5.74, 6) is 3.57. The zero-order chi connectivity index (χ0) is 45.9. The minimum absolute atomic E-state index is 0.0165. The summed E-state index contributed by atoms with van der Waals surface area (Å²) in [4.78, 5) is 33.3. The number of halogens is 6. The number of unbranched alkanes of at least 4 members (excludes halogenated alkanes) is 4. The second-order valence-electron chi connectivity index (χ2n) is 14.9. The molecule has 2 amide bonds. The lowest BCUT2D eigenvalue weighted by Gasteiger charge is -2.63. The molecule has 0 aliphatic carbocycles. The average molecular weight is 1020 g/mol. The minimum atomic E-state index is -4.94. The van der Waals surface area contributed by atoms with E-state index in [-0.39, 0.29) is 43.5 Å². The first-order valence-electron chi connectivity index (χ1n) is 19.5. The van der Waals surface area contributed by atoms with Crippen molar-refractivity contribution in [3.63, 3.8) is 0 Å². The van der Waals surface area contributed by atoms with Gasteiger partial charge in [-0.15, -0.1) is 31.3 Å². The molecule has 1 aromatic heterocycles. The number of piperidine rings is 3. The zero-order valence-corrected chi connectivity index (χ0v) is 39.5. The largest absolute Gasteiger partial charge is 0.382 e. The van der Waals surface area contributed by atoms with Crippen molar-refractivity contribution in [2.75, 3.05) is 26.2 Å². The van der Waals surface area contributed by atoms with Crippen LogP contribution in [0.3, 0.4) is 0 Å².